The van der Waals surface area contributed by atoms with E-state index in [9.17, 15) is 0 Å². The highest BCUT2D eigenvalue weighted by Gasteiger charge is 2.22. The number of para-hydroxylation sites is 3. The largest absolute Gasteiger partial charge is 0.456 e. The van der Waals surface area contributed by atoms with Gasteiger partial charge in [0.15, 0.2) is 17.5 Å². The molecule has 326 valence electrons. The molecule has 5 aromatic heterocycles. The van der Waals surface area contributed by atoms with Gasteiger partial charge in [-0.15, -0.1) is 0 Å². The summed E-state index contributed by atoms with van der Waals surface area (Å²) in [5.41, 5.74) is 14.9. The Balaban J connectivity index is 0.920. The van der Waals surface area contributed by atoms with E-state index in [4.69, 9.17) is 23.8 Å². The number of rotatable bonds is 6. The number of benzene rings is 10. The van der Waals surface area contributed by atoms with Crippen LogP contribution in [-0.2, 0) is 0 Å². The maximum absolute atomic E-state index is 6.67. The lowest BCUT2D eigenvalue weighted by molar-refractivity contribution is 0.669. The zero-order chi connectivity index (χ0) is 45.9. The van der Waals surface area contributed by atoms with E-state index >= 15 is 0 Å². The van der Waals surface area contributed by atoms with Crippen molar-refractivity contribution in [3.8, 4) is 56.7 Å². The van der Waals surface area contributed by atoms with Gasteiger partial charge in [-0.3, -0.25) is 0 Å². The summed E-state index contributed by atoms with van der Waals surface area (Å²) in [6.45, 7) is 0. The molecule has 0 saturated carbocycles. The zero-order valence-electron chi connectivity index (χ0n) is 37.4. The maximum Gasteiger partial charge on any atom is 0.164 e. The predicted molar refractivity (Wildman–Crippen MR) is 285 cm³/mol. The van der Waals surface area contributed by atoms with E-state index in [1.54, 1.807) is 0 Å². The second-order valence-electron chi connectivity index (χ2n) is 17.9. The van der Waals surface area contributed by atoms with Crippen LogP contribution >= 0.6 is 0 Å². The molecule has 0 N–H and O–H groups in total. The highest BCUT2D eigenvalue weighted by atomic mass is 16.3. The molecule has 0 radical (unpaired) electrons. The van der Waals surface area contributed by atoms with Gasteiger partial charge in [0.25, 0.3) is 0 Å². The normalized spacial score (nSPS) is 12.0. The fourth-order valence-electron chi connectivity index (χ4n) is 10.9. The molecule has 5 heterocycles. The topological polar surface area (TPSA) is 74.8 Å². The molecule has 10 aromatic carbocycles. The number of aromatic nitrogens is 5. The van der Waals surface area contributed by atoms with E-state index in [0.29, 0.717) is 17.5 Å². The van der Waals surface area contributed by atoms with Crippen LogP contribution < -0.4 is 0 Å². The van der Waals surface area contributed by atoms with E-state index in [0.717, 1.165) is 94.1 Å². The summed E-state index contributed by atoms with van der Waals surface area (Å²) >= 11 is 0. The Labute approximate surface area is 399 Å². The summed E-state index contributed by atoms with van der Waals surface area (Å²) in [6.07, 6.45) is 0. The van der Waals surface area contributed by atoms with Crippen LogP contribution in [0.4, 0.5) is 0 Å². The zero-order valence-corrected chi connectivity index (χ0v) is 37.4. The summed E-state index contributed by atoms with van der Waals surface area (Å²) in [6, 6.07) is 78.6. The van der Waals surface area contributed by atoms with Crippen molar-refractivity contribution in [1.29, 1.82) is 0 Å². The lowest BCUT2D eigenvalue weighted by atomic mass is 9.97. The molecule has 0 amide bonds. The van der Waals surface area contributed by atoms with Crippen molar-refractivity contribution in [3.05, 3.63) is 224 Å². The van der Waals surface area contributed by atoms with Gasteiger partial charge < -0.3 is 18.0 Å². The van der Waals surface area contributed by atoms with E-state index in [-0.39, 0.29) is 0 Å². The second-order valence-corrected chi connectivity index (χ2v) is 17.9. The predicted octanol–water partition coefficient (Wildman–Crippen LogP) is 16.5. The molecule has 70 heavy (non-hydrogen) atoms. The molecule has 0 aliphatic heterocycles. The van der Waals surface area contributed by atoms with Crippen LogP contribution in [-0.4, -0.2) is 24.1 Å². The monoisotopic (exact) mass is 895 g/mol. The Morgan fingerprint density at radius 2 is 0.757 bits per heavy atom. The maximum atomic E-state index is 6.67. The third-order valence-corrected chi connectivity index (χ3v) is 14.0. The molecular formula is C63H37N5O2. The van der Waals surface area contributed by atoms with Gasteiger partial charge in [0.2, 0.25) is 0 Å². The molecule has 15 rings (SSSR count). The van der Waals surface area contributed by atoms with E-state index in [2.05, 4.69) is 161 Å². The van der Waals surface area contributed by atoms with Crippen molar-refractivity contribution in [2.45, 2.75) is 0 Å². The minimum absolute atomic E-state index is 0.578. The lowest BCUT2D eigenvalue weighted by Crippen LogP contribution is -2.00. The average molecular weight is 896 g/mol. The Morgan fingerprint density at radius 1 is 0.271 bits per heavy atom. The highest BCUT2D eigenvalue weighted by molar-refractivity contribution is 6.20. The molecule has 0 unspecified atom stereocenters. The highest BCUT2D eigenvalue weighted by Crippen LogP contribution is 2.44. The molecule has 0 saturated heterocycles. The minimum atomic E-state index is 0.578. The number of hydrogen-bond acceptors (Lipinski definition) is 5. The van der Waals surface area contributed by atoms with Crippen LogP contribution in [0.5, 0.6) is 0 Å². The van der Waals surface area contributed by atoms with Gasteiger partial charge in [-0.1, -0.05) is 146 Å². The van der Waals surface area contributed by atoms with E-state index in [1.165, 1.54) is 32.6 Å². The quantitative estimate of drug-likeness (QED) is 0.166. The van der Waals surface area contributed by atoms with Crippen LogP contribution in [0.1, 0.15) is 0 Å². The van der Waals surface area contributed by atoms with Crippen molar-refractivity contribution in [3.63, 3.8) is 0 Å². The van der Waals surface area contributed by atoms with Crippen LogP contribution in [0, 0.1) is 0 Å². The van der Waals surface area contributed by atoms with Crippen molar-refractivity contribution in [2.75, 3.05) is 0 Å². The average Bonchev–Trinajstić information content (AvgIpc) is 4.18. The Kier molecular flexibility index (Phi) is 8.23. The second kappa shape index (κ2) is 15.0. The van der Waals surface area contributed by atoms with E-state index < -0.39 is 0 Å². The molecule has 0 bridgehead atoms. The van der Waals surface area contributed by atoms with Gasteiger partial charge >= 0.3 is 0 Å². The summed E-state index contributed by atoms with van der Waals surface area (Å²) < 4.78 is 18.1. The van der Waals surface area contributed by atoms with Crippen LogP contribution in [0.2, 0.25) is 0 Å². The Morgan fingerprint density at radius 3 is 1.37 bits per heavy atom. The van der Waals surface area contributed by atoms with Gasteiger partial charge in [-0.2, -0.15) is 0 Å². The third-order valence-electron chi connectivity index (χ3n) is 14.0. The molecule has 7 heteroatoms. The van der Waals surface area contributed by atoms with Crippen molar-refractivity contribution in [1.82, 2.24) is 24.1 Å². The molecule has 0 fully saturated rings. The van der Waals surface area contributed by atoms with E-state index in [1.807, 2.05) is 72.8 Å². The van der Waals surface area contributed by atoms with Gasteiger partial charge in [0.1, 0.15) is 22.3 Å². The summed E-state index contributed by atoms with van der Waals surface area (Å²) in [5.74, 6) is 1.80. The molecule has 7 nitrogen and oxygen atoms in total. The van der Waals surface area contributed by atoms with Gasteiger partial charge in [0.05, 0.1) is 22.1 Å². The Hall–Kier alpha value is -9.59. The summed E-state index contributed by atoms with van der Waals surface area (Å²) in [4.78, 5) is 15.2. The number of nitrogens with zero attached hydrogens (tertiary/aromatic N) is 5. The van der Waals surface area contributed by atoms with Crippen LogP contribution in [0.15, 0.2) is 233 Å². The first kappa shape index (κ1) is 38.5. The first-order valence-electron chi connectivity index (χ1n) is 23.5. The summed E-state index contributed by atoms with van der Waals surface area (Å²) in [7, 11) is 0. The van der Waals surface area contributed by atoms with Crippen LogP contribution in [0.25, 0.3) is 144 Å². The SMILES string of the molecule is c1ccc(-c2nc(-c3ccccc3)nc(-c3cccc4oc5ccc(-c6cccc7oc8ccc(-n9c%10ccccc%10c%10cc%11c(cc%109)c9ccccc9n%11-c9ccccc9)cc8c67)cc5c34)n2)cc1. The fraction of sp³-hybridized carbons (Fsp3) is 0. The minimum Gasteiger partial charge on any atom is -0.456 e. The lowest BCUT2D eigenvalue weighted by Gasteiger charge is -2.10. The number of hydrogen-bond donors (Lipinski definition) is 0. The molecule has 15 aromatic rings. The van der Waals surface area contributed by atoms with Crippen LogP contribution in [0.3, 0.4) is 0 Å². The molecule has 0 aliphatic rings. The van der Waals surface area contributed by atoms with Gasteiger partial charge in [0, 0.05) is 71.2 Å². The molecular weight excluding hydrogens is 859 g/mol. The van der Waals surface area contributed by atoms with Gasteiger partial charge in [-0.25, -0.2) is 15.0 Å². The van der Waals surface area contributed by atoms with Crippen molar-refractivity contribution >= 4 is 87.5 Å². The molecule has 0 spiro atoms. The fourth-order valence-corrected chi connectivity index (χ4v) is 10.9. The first-order chi connectivity index (χ1) is 34.7. The van der Waals surface area contributed by atoms with Crippen molar-refractivity contribution < 1.29 is 8.83 Å². The Bertz CT molecular complexity index is 4530. The molecule has 0 atom stereocenters. The number of fused-ring (bicyclic) bond motifs is 12. The molecule has 0 aliphatic carbocycles. The van der Waals surface area contributed by atoms with Gasteiger partial charge in [-0.05, 0) is 90.0 Å². The smallest absolute Gasteiger partial charge is 0.164 e. The standard InChI is InChI=1S/C63H37N5O2/c1-4-16-38(17-5-1)61-64-62(39-18-6-2-7-19-39)66-63(65-61)46-25-15-29-58-60(46)49-34-40(30-32-55(49)69-58)43-24-14-28-57-59(43)50-35-42(31-33-56(50)70-57)68-52-27-13-11-23-45(52)48-36-53-47(37-54(48)68)44-22-10-12-26-51(44)67(53)41-20-8-3-9-21-41/h1-37H. The first-order valence-corrected chi connectivity index (χ1v) is 23.5. The summed E-state index contributed by atoms with van der Waals surface area (Å²) in [5, 5.41) is 8.85. The third kappa shape index (κ3) is 5.79. The number of furan rings is 2. The van der Waals surface area contributed by atoms with Crippen molar-refractivity contribution in [2.24, 2.45) is 0 Å².